The fourth-order valence-corrected chi connectivity index (χ4v) is 2.85. The van der Waals surface area contributed by atoms with Crippen LogP contribution < -0.4 is 5.32 Å². The van der Waals surface area contributed by atoms with Crippen LogP contribution in [0.2, 0.25) is 5.02 Å². The molecule has 0 spiro atoms. The first kappa shape index (κ1) is 16.3. The Bertz CT molecular complexity index is 664. The van der Waals surface area contributed by atoms with Crippen LogP contribution in [0.1, 0.15) is 24.1 Å². The van der Waals surface area contributed by atoms with Crippen molar-refractivity contribution >= 4 is 27.5 Å². The summed E-state index contributed by atoms with van der Waals surface area (Å²) in [5, 5.41) is 3.18. The Kier molecular flexibility index (Phi) is 5.30. The van der Waals surface area contributed by atoms with Gasteiger partial charge in [-0.1, -0.05) is 30.7 Å². The van der Waals surface area contributed by atoms with Gasteiger partial charge in [0.1, 0.15) is 5.82 Å². The summed E-state index contributed by atoms with van der Waals surface area (Å²) in [6.45, 7) is 2.40. The summed E-state index contributed by atoms with van der Waals surface area (Å²) in [5.41, 5.74) is 0.911. The van der Waals surface area contributed by atoms with Gasteiger partial charge in [-0.15, -0.1) is 0 Å². The topological polar surface area (TPSA) is 12.0 Å². The first-order chi connectivity index (χ1) is 9.95. The lowest BCUT2D eigenvalue weighted by atomic mass is 9.98. The van der Waals surface area contributed by atoms with Gasteiger partial charge in [0.15, 0.2) is 11.6 Å². The molecule has 0 bridgehead atoms. The molecule has 6 heteroatoms. The average molecular weight is 379 g/mol. The lowest BCUT2D eigenvalue weighted by Crippen LogP contribution is -2.23. The molecule has 1 unspecified atom stereocenters. The molecule has 0 aliphatic carbocycles. The van der Waals surface area contributed by atoms with Crippen molar-refractivity contribution < 1.29 is 13.2 Å². The maximum Gasteiger partial charge on any atom is 0.160 e. The van der Waals surface area contributed by atoms with Gasteiger partial charge in [0.2, 0.25) is 0 Å². The van der Waals surface area contributed by atoms with Gasteiger partial charge in [0.05, 0.1) is 10.5 Å². The maximum atomic E-state index is 13.7. The van der Waals surface area contributed by atoms with Crippen LogP contribution in [0.4, 0.5) is 13.2 Å². The molecule has 0 radical (unpaired) electrons. The van der Waals surface area contributed by atoms with Crippen LogP contribution in [0, 0.1) is 17.5 Å². The van der Waals surface area contributed by atoms with Gasteiger partial charge in [-0.05, 0) is 51.8 Å². The van der Waals surface area contributed by atoms with E-state index < -0.39 is 23.5 Å². The smallest absolute Gasteiger partial charge is 0.160 e. The van der Waals surface area contributed by atoms with Crippen molar-refractivity contribution in [3.05, 3.63) is 68.4 Å². The second kappa shape index (κ2) is 6.81. The molecule has 0 saturated carbocycles. The molecule has 2 rings (SSSR count). The van der Waals surface area contributed by atoms with Gasteiger partial charge in [-0.3, -0.25) is 0 Å². The van der Waals surface area contributed by atoms with Crippen LogP contribution in [-0.4, -0.2) is 6.54 Å². The van der Waals surface area contributed by atoms with Crippen molar-refractivity contribution in [3.63, 3.8) is 0 Å². The summed E-state index contributed by atoms with van der Waals surface area (Å²) in [6.07, 6.45) is 0. The van der Waals surface area contributed by atoms with E-state index in [1.165, 1.54) is 6.07 Å². The molecule has 0 amide bonds. The van der Waals surface area contributed by atoms with Crippen molar-refractivity contribution in [1.29, 1.82) is 0 Å². The highest BCUT2D eigenvalue weighted by atomic mass is 79.9. The molecule has 112 valence electrons. The van der Waals surface area contributed by atoms with Crippen molar-refractivity contribution in [3.8, 4) is 0 Å². The molecular formula is C15H12BrClF3N. The minimum absolute atomic E-state index is 0.0796. The second-order valence-electron chi connectivity index (χ2n) is 4.42. The summed E-state index contributed by atoms with van der Waals surface area (Å²) in [6, 6.07) is 5.95. The largest absolute Gasteiger partial charge is 0.306 e. The fourth-order valence-electron chi connectivity index (χ4n) is 2.09. The van der Waals surface area contributed by atoms with Crippen LogP contribution in [0.3, 0.4) is 0 Å². The molecule has 1 atom stereocenters. The van der Waals surface area contributed by atoms with E-state index in [0.29, 0.717) is 17.7 Å². The summed E-state index contributed by atoms with van der Waals surface area (Å²) < 4.78 is 40.7. The maximum absolute atomic E-state index is 13.7. The summed E-state index contributed by atoms with van der Waals surface area (Å²) in [5.74, 6) is -2.45. The number of nitrogens with one attached hydrogen (secondary N) is 1. The molecule has 21 heavy (non-hydrogen) atoms. The zero-order valence-corrected chi connectivity index (χ0v) is 13.4. The fraction of sp³-hybridized carbons (Fsp3) is 0.200. The molecule has 1 N–H and O–H groups in total. The Hall–Kier alpha value is -1.04. The lowest BCUT2D eigenvalue weighted by molar-refractivity contribution is 0.503. The Morgan fingerprint density at radius 1 is 1.10 bits per heavy atom. The van der Waals surface area contributed by atoms with Gasteiger partial charge in [-0.2, -0.15) is 0 Å². The zero-order valence-electron chi connectivity index (χ0n) is 11.1. The molecule has 0 aliphatic heterocycles. The Labute approximate surface area is 134 Å². The minimum Gasteiger partial charge on any atom is -0.306 e. The van der Waals surface area contributed by atoms with Gasteiger partial charge < -0.3 is 5.32 Å². The zero-order chi connectivity index (χ0) is 15.6. The van der Waals surface area contributed by atoms with Gasteiger partial charge in [-0.25, -0.2) is 13.2 Å². The standard InChI is InChI=1S/C15H12BrClF3N/c1-2-21-15(8-4-3-5-11(18)14(8)16)9-6-12(19)13(20)7-10(9)17/h3-7,15,21H,2H2,1H3. The number of rotatable bonds is 4. The Balaban J connectivity index is 2.59. The van der Waals surface area contributed by atoms with E-state index >= 15 is 0 Å². The first-order valence-corrected chi connectivity index (χ1v) is 7.44. The molecule has 2 aromatic carbocycles. The van der Waals surface area contributed by atoms with E-state index in [4.69, 9.17) is 11.6 Å². The van der Waals surface area contributed by atoms with E-state index in [1.54, 1.807) is 12.1 Å². The van der Waals surface area contributed by atoms with Crippen LogP contribution in [0.15, 0.2) is 34.8 Å². The van der Waals surface area contributed by atoms with Crippen molar-refractivity contribution in [1.82, 2.24) is 5.32 Å². The van der Waals surface area contributed by atoms with E-state index in [0.717, 1.165) is 12.1 Å². The normalized spacial score (nSPS) is 12.5. The molecule has 0 aromatic heterocycles. The van der Waals surface area contributed by atoms with E-state index in [-0.39, 0.29) is 9.50 Å². The van der Waals surface area contributed by atoms with Gasteiger partial charge in [0.25, 0.3) is 0 Å². The van der Waals surface area contributed by atoms with Crippen molar-refractivity contribution in [2.24, 2.45) is 0 Å². The number of benzene rings is 2. The molecule has 0 saturated heterocycles. The average Bonchev–Trinajstić information content (AvgIpc) is 2.44. The lowest BCUT2D eigenvalue weighted by Gasteiger charge is -2.21. The van der Waals surface area contributed by atoms with Crippen LogP contribution in [-0.2, 0) is 0 Å². The van der Waals surface area contributed by atoms with Crippen LogP contribution in [0.25, 0.3) is 0 Å². The minimum atomic E-state index is -1.02. The highest BCUT2D eigenvalue weighted by Crippen LogP contribution is 2.34. The quantitative estimate of drug-likeness (QED) is 0.719. The third-order valence-electron chi connectivity index (χ3n) is 3.05. The molecule has 1 nitrogen and oxygen atoms in total. The predicted octanol–water partition coefficient (Wildman–Crippen LogP) is 5.22. The third-order valence-corrected chi connectivity index (χ3v) is 4.22. The molecule has 0 fully saturated rings. The molecule has 0 heterocycles. The molecule has 2 aromatic rings. The van der Waals surface area contributed by atoms with E-state index in [1.807, 2.05) is 6.92 Å². The monoisotopic (exact) mass is 377 g/mol. The third kappa shape index (κ3) is 3.42. The first-order valence-electron chi connectivity index (χ1n) is 6.27. The highest BCUT2D eigenvalue weighted by molar-refractivity contribution is 9.10. The number of halogens is 5. The van der Waals surface area contributed by atoms with Gasteiger partial charge >= 0.3 is 0 Å². The Morgan fingerprint density at radius 2 is 1.76 bits per heavy atom. The van der Waals surface area contributed by atoms with Crippen LogP contribution >= 0.6 is 27.5 Å². The van der Waals surface area contributed by atoms with Crippen molar-refractivity contribution in [2.75, 3.05) is 6.54 Å². The Morgan fingerprint density at radius 3 is 2.43 bits per heavy atom. The van der Waals surface area contributed by atoms with Crippen molar-refractivity contribution in [2.45, 2.75) is 13.0 Å². The second-order valence-corrected chi connectivity index (χ2v) is 5.62. The van der Waals surface area contributed by atoms with Crippen LogP contribution in [0.5, 0.6) is 0 Å². The molecular weight excluding hydrogens is 367 g/mol. The SMILES string of the molecule is CCNC(c1cc(F)c(F)cc1Cl)c1cccc(F)c1Br. The number of hydrogen-bond donors (Lipinski definition) is 1. The van der Waals surface area contributed by atoms with E-state index in [9.17, 15) is 13.2 Å². The predicted molar refractivity (Wildman–Crippen MR) is 81.0 cm³/mol. The summed E-state index contributed by atoms with van der Waals surface area (Å²) in [7, 11) is 0. The van der Waals surface area contributed by atoms with Gasteiger partial charge in [0, 0.05) is 5.02 Å². The summed E-state index contributed by atoms with van der Waals surface area (Å²) >= 11 is 9.20. The van der Waals surface area contributed by atoms with E-state index in [2.05, 4.69) is 21.2 Å². The number of hydrogen-bond acceptors (Lipinski definition) is 1. The molecule has 0 aliphatic rings. The summed E-state index contributed by atoms with van der Waals surface area (Å²) in [4.78, 5) is 0. The highest BCUT2D eigenvalue weighted by Gasteiger charge is 2.22.